The molecule has 1 fully saturated rings. The van der Waals surface area contributed by atoms with E-state index in [1.54, 1.807) is 0 Å². The molecule has 0 atom stereocenters. The Balaban J connectivity index is 1.83. The van der Waals surface area contributed by atoms with Crippen molar-refractivity contribution in [3.05, 3.63) is 33.4 Å². The highest BCUT2D eigenvalue weighted by atomic mass is 127. The van der Waals surface area contributed by atoms with Crippen molar-refractivity contribution in [3.8, 4) is 0 Å². The summed E-state index contributed by atoms with van der Waals surface area (Å²) in [5.41, 5.74) is 1.23. The summed E-state index contributed by atoms with van der Waals surface area (Å²) in [5, 5.41) is 0. The van der Waals surface area contributed by atoms with Crippen LogP contribution < -0.4 is 0 Å². The van der Waals surface area contributed by atoms with Crippen LogP contribution in [0.25, 0.3) is 0 Å². The van der Waals surface area contributed by atoms with Crippen molar-refractivity contribution < 1.29 is 9.47 Å². The second-order valence-electron chi connectivity index (χ2n) is 3.10. The van der Waals surface area contributed by atoms with Crippen molar-refractivity contribution in [2.45, 2.75) is 12.7 Å². The van der Waals surface area contributed by atoms with Gasteiger partial charge in [0.25, 0.3) is 0 Å². The Hall–Kier alpha value is -0.130. The molecule has 0 bridgehead atoms. The molecule has 2 rings (SSSR count). The van der Waals surface area contributed by atoms with Crippen molar-refractivity contribution in [2.24, 2.45) is 0 Å². The van der Waals surface area contributed by atoms with Gasteiger partial charge in [0, 0.05) is 3.57 Å². The Morgan fingerprint density at radius 1 is 1.31 bits per heavy atom. The fourth-order valence-electron chi connectivity index (χ4n) is 1.11. The molecule has 70 valence electrons. The summed E-state index contributed by atoms with van der Waals surface area (Å²) >= 11 is 2.30. The molecule has 1 aromatic carbocycles. The van der Waals surface area contributed by atoms with Gasteiger partial charge in [-0.2, -0.15) is 0 Å². The molecule has 0 radical (unpaired) electrons. The van der Waals surface area contributed by atoms with E-state index in [0.717, 1.165) is 13.2 Å². The van der Waals surface area contributed by atoms with E-state index in [0.29, 0.717) is 12.7 Å². The highest BCUT2D eigenvalue weighted by Crippen LogP contribution is 2.11. The zero-order chi connectivity index (χ0) is 9.10. The molecule has 1 heterocycles. The van der Waals surface area contributed by atoms with Crippen LogP contribution in [0.2, 0.25) is 0 Å². The molecule has 3 heteroatoms. The first-order valence-electron chi connectivity index (χ1n) is 4.28. The second-order valence-corrected chi connectivity index (χ2v) is 4.34. The fourth-order valence-corrected chi connectivity index (χ4v) is 1.46. The highest BCUT2D eigenvalue weighted by Gasteiger charge is 2.18. The number of hydrogen-bond donors (Lipinski definition) is 0. The van der Waals surface area contributed by atoms with Gasteiger partial charge in [0.15, 0.2) is 0 Å². The lowest BCUT2D eigenvalue weighted by Gasteiger charge is -2.25. The Morgan fingerprint density at radius 3 is 2.54 bits per heavy atom. The van der Waals surface area contributed by atoms with Gasteiger partial charge in [-0.1, -0.05) is 12.1 Å². The Morgan fingerprint density at radius 2 is 2.00 bits per heavy atom. The lowest BCUT2D eigenvalue weighted by Crippen LogP contribution is -2.35. The lowest BCUT2D eigenvalue weighted by molar-refractivity contribution is -0.135. The number of halogens is 1. The van der Waals surface area contributed by atoms with Crippen LogP contribution in [0.4, 0.5) is 0 Å². The summed E-state index contributed by atoms with van der Waals surface area (Å²) in [6.45, 7) is 2.21. The minimum atomic E-state index is 0.319. The van der Waals surface area contributed by atoms with E-state index in [1.807, 2.05) is 0 Å². The van der Waals surface area contributed by atoms with Crippen LogP contribution in [0.1, 0.15) is 5.56 Å². The molecule has 1 aliphatic rings. The molecule has 1 saturated heterocycles. The van der Waals surface area contributed by atoms with Crippen LogP contribution in [-0.4, -0.2) is 19.3 Å². The second kappa shape index (κ2) is 4.39. The normalized spacial score (nSPS) is 17.0. The molecule has 0 saturated carbocycles. The van der Waals surface area contributed by atoms with E-state index in [4.69, 9.17) is 9.47 Å². The van der Waals surface area contributed by atoms with Crippen LogP contribution in [0.3, 0.4) is 0 Å². The number of benzene rings is 1. The van der Waals surface area contributed by atoms with Gasteiger partial charge in [0.2, 0.25) is 0 Å². The molecule has 1 aliphatic heterocycles. The zero-order valence-corrected chi connectivity index (χ0v) is 9.36. The largest absolute Gasteiger partial charge is 0.376 e. The average molecular weight is 290 g/mol. The van der Waals surface area contributed by atoms with Crippen LogP contribution in [0.5, 0.6) is 0 Å². The predicted octanol–water partition coefficient (Wildman–Crippen LogP) is 2.21. The average Bonchev–Trinajstić information content (AvgIpc) is 2.05. The molecule has 0 unspecified atom stereocenters. The number of rotatable bonds is 3. The highest BCUT2D eigenvalue weighted by molar-refractivity contribution is 14.1. The van der Waals surface area contributed by atoms with Crippen molar-refractivity contribution in [2.75, 3.05) is 13.2 Å². The topological polar surface area (TPSA) is 18.5 Å². The summed E-state index contributed by atoms with van der Waals surface area (Å²) in [5.74, 6) is 0. The van der Waals surface area contributed by atoms with Gasteiger partial charge in [0.1, 0.15) is 6.10 Å². The van der Waals surface area contributed by atoms with Crippen LogP contribution in [0, 0.1) is 3.57 Å². The third-order valence-electron chi connectivity index (χ3n) is 2.01. The van der Waals surface area contributed by atoms with Crippen molar-refractivity contribution in [1.29, 1.82) is 0 Å². The van der Waals surface area contributed by atoms with Crippen LogP contribution in [0.15, 0.2) is 24.3 Å². The lowest BCUT2D eigenvalue weighted by atomic mass is 10.2. The summed E-state index contributed by atoms with van der Waals surface area (Å²) in [6, 6.07) is 8.38. The monoisotopic (exact) mass is 290 g/mol. The number of hydrogen-bond acceptors (Lipinski definition) is 2. The first-order chi connectivity index (χ1) is 6.34. The molecule has 13 heavy (non-hydrogen) atoms. The van der Waals surface area contributed by atoms with Crippen molar-refractivity contribution >= 4 is 22.6 Å². The van der Waals surface area contributed by atoms with E-state index in [-0.39, 0.29) is 0 Å². The van der Waals surface area contributed by atoms with E-state index in [2.05, 4.69) is 46.9 Å². The quantitative estimate of drug-likeness (QED) is 0.795. The van der Waals surface area contributed by atoms with Gasteiger partial charge in [-0.25, -0.2) is 0 Å². The van der Waals surface area contributed by atoms with Gasteiger partial charge < -0.3 is 9.47 Å². The van der Waals surface area contributed by atoms with Gasteiger partial charge in [-0.15, -0.1) is 0 Å². The van der Waals surface area contributed by atoms with Gasteiger partial charge >= 0.3 is 0 Å². The molecule has 0 aliphatic carbocycles. The Bertz CT molecular complexity index is 267. The maximum absolute atomic E-state index is 5.58. The smallest absolute Gasteiger partial charge is 0.105 e. The van der Waals surface area contributed by atoms with Crippen molar-refractivity contribution in [1.82, 2.24) is 0 Å². The van der Waals surface area contributed by atoms with Crippen LogP contribution >= 0.6 is 22.6 Å². The molecule has 2 nitrogen and oxygen atoms in total. The summed E-state index contributed by atoms with van der Waals surface area (Å²) < 4.78 is 11.9. The summed E-state index contributed by atoms with van der Waals surface area (Å²) in [6.07, 6.45) is 0.319. The van der Waals surface area contributed by atoms with Gasteiger partial charge in [-0.3, -0.25) is 0 Å². The predicted molar refractivity (Wildman–Crippen MR) is 58.6 cm³/mol. The Kier molecular flexibility index (Phi) is 3.18. The van der Waals surface area contributed by atoms with Crippen molar-refractivity contribution in [3.63, 3.8) is 0 Å². The van der Waals surface area contributed by atoms with E-state index in [9.17, 15) is 0 Å². The maximum Gasteiger partial charge on any atom is 0.105 e. The molecular weight excluding hydrogens is 279 g/mol. The summed E-state index contributed by atoms with van der Waals surface area (Å²) in [7, 11) is 0. The van der Waals surface area contributed by atoms with E-state index < -0.39 is 0 Å². The van der Waals surface area contributed by atoms with Crippen LogP contribution in [-0.2, 0) is 16.1 Å². The van der Waals surface area contributed by atoms with Gasteiger partial charge in [0.05, 0.1) is 19.8 Å². The third-order valence-corrected chi connectivity index (χ3v) is 2.73. The van der Waals surface area contributed by atoms with Gasteiger partial charge in [-0.05, 0) is 40.3 Å². The molecule has 1 aromatic rings. The fraction of sp³-hybridized carbons (Fsp3) is 0.400. The van der Waals surface area contributed by atoms with E-state index in [1.165, 1.54) is 9.13 Å². The first-order valence-corrected chi connectivity index (χ1v) is 5.36. The molecule has 0 aromatic heterocycles. The zero-order valence-electron chi connectivity index (χ0n) is 7.20. The molecule has 0 N–H and O–H groups in total. The Labute approximate surface area is 91.4 Å². The third kappa shape index (κ3) is 2.65. The first kappa shape index (κ1) is 9.43. The minimum Gasteiger partial charge on any atom is -0.376 e. The molecular formula is C10H11IO2. The SMILES string of the molecule is Ic1ccc(COC2COC2)cc1. The molecule has 0 amide bonds. The maximum atomic E-state index is 5.58. The number of ether oxygens (including phenoxy) is 2. The molecule has 0 spiro atoms. The van der Waals surface area contributed by atoms with E-state index >= 15 is 0 Å². The summed E-state index contributed by atoms with van der Waals surface area (Å²) in [4.78, 5) is 0. The standard InChI is InChI=1S/C10H11IO2/c11-9-3-1-8(2-4-9)5-13-10-6-12-7-10/h1-4,10H,5-7H2. The minimum absolute atomic E-state index is 0.319.